The third-order valence-corrected chi connectivity index (χ3v) is 3.48. The predicted octanol–water partition coefficient (Wildman–Crippen LogP) is 2.82. The van der Waals surface area contributed by atoms with Gasteiger partial charge in [0.05, 0.1) is 35.7 Å². The van der Waals surface area contributed by atoms with E-state index in [9.17, 15) is 9.18 Å². The number of rotatable bonds is 6. The van der Waals surface area contributed by atoms with Gasteiger partial charge in [0, 0.05) is 27.5 Å². The molecule has 0 spiro atoms. The highest BCUT2D eigenvalue weighted by atomic mass is 32.2. The SMILES string of the molecule is [2H]C([2H])(CSC)C(=O)N(CC)c1cn(-c2cncc(F)c2)nc1C. The lowest BCUT2D eigenvalue weighted by atomic mass is 10.3. The molecule has 5 nitrogen and oxygen atoms in total. The number of carbonyl (C=O) groups is 1. The molecule has 0 radical (unpaired) electrons. The van der Waals surface area contributed by atoms with Crippen molar-refractivity contribution in [1.29, 1.82) is 0 Å². The summed E-state index contributed by atoms with van der Waals surface area (Å²) in [4.78, 5) is 17.7. The fraction of sp³-hybridized carbons (Fsp3) is 0.400. The molecule has 0 bridgehead atoms. The van der Waals surface area contributed by atoms with Gasteiger partial charge in [-0.1, -0.05) is 0 Å². The van der Waals surface area contributed by atoms with Crippen LogP contribution in [0.25, 0.3) is 5.69 Å². The van der Waals surface area contributed by atoms with Crippen LogP contribution < -0.4 is 4.90 Å². The minimum Gasteiger partial charge on any atom is -0.310 e. The summed E-state index contributed by atoms with van der Waals surface area (Å²) in [7, 11) is 0. The van der Waals surface area contributed by atoms with Crippen molar-refractivity contribution in [3.05, 3.63) is 36.2 Å². The monoisotopic (exact) mass is 324 g/mol. The molecule has 22 heavy (non-hydrogen) atoms. The Morgan fingerprint density at radius 3 is 2.95 bits per heavy atom. The van der Waals surface area contributed by atoms with Crippen LogP contribution in [0.4, 0.5) is 10.1 Å². The summed E-state index contributed by atoms with van der Waals surface area (Å²) < 4.78 is 30.7. The molecule has 7 heteroatoms. The number of nitrogens with zero attached hydrogens (tertiary/aromatic N) is 4. The van der Waals surface area contributed by atoms with Crippen molar-refractivity contribution in [2.75, 3.05) is 23.5 Å². The van der Waals surface area contributed by atoms with E-state index < -0.39 is 18.1 Å². The van der Waals surface area contributed by atoms with Crippen LogP contribution in [0.15, 0.2) is 24.7 Å². The van der Waals surface area contributed by atoms with Gasteiger partial charge in [0.1, 0.15) is 5.82 Å². The normalized spacial score (nSPS) is 12.7. The van der Waals surface area contributed by atoms with Crippen LogP contribution in [-0.4, -0.2) is 39.2 Å². The number of carbonyl (C=O) groups excluding carboxylic acids is 1. The lowest BCUT2D eigenvalue weighted by Crippen LogP contribution is -2.31. The van der Waals surface area contributed by atoms with Gasteiger partial charge < -0.3 is 4.90 Å². The summed E-state index contributed by atoms with van der Waals surface area (Å²) in [6.45, 7) is 3.80. The Labute approximate surface area is 136 Å². The van der Waals surface area contributed by atoms with Crippen molar-refractivity contribution in [3.63, 3.8) is 0 Å². The zero-order chi connectivity index (χ0) is 17.9. The van der Waals surface area contributed by atoms with Crippen LogP contribution in [0.2, 0.25) is 0 Å². The molecule has 0 saturated carbocycles. The summed E-state index contributed by atoms with van der Waals surface area (Å²) in [5.74, 6) is -1.02. The topological polar surface area (TPSA) is 51.0 Å². The average Bonchev–Trinajstić information content (AvgIpc) is 2.90. The van der Waals surface area contributed by atoms with E-state index >= 15 is 0 Å². The first-order valence-corrected chi connectivity index (χ1v) is 8.17. The van der Waals surface area contributed by atoms with Crippen molar-refractivity contribution < 1.29 is 11.9 Å². The largest absolute Gasteiger partial charge is 0.310 e. The number of aromatic nitrogens is 3. The fourth-order valence-corrected chi connectivity index (χ4v) is 2.29. The van der Waals surface area contributed by atoms with E-state index in [2.05, 4.69) is 10.1 Å². The molecular formula is C15H19FN4OS. The van der Waals surface area contributed by atoms with Crippen molar-refractivity contribution in [3.8, 4) is 5.69 Å². The second kappa shape index (κ2) is 7.40. The molecule has 0 unspecified atom stereocenters. The Morgan fingerprint density at radius 2 is 2.32 bits per heavy atom. The molecule has 1 amide bonds. The molecule has 0 saturated heterocycles. The van der Waals surface area contributed by atoms with Gasteiger partial charge >= 0.3 is 0 Å². The number of halogens is 1. The van der Waals surface area contributed by atoms with Crippen LogP contribution in [0.5, 0.6) is 0 Å². The third-order valence-electron chi connectivity index (χ3n) is 3.05. The van der Waals surface area contributed by atoms with E-state index in [1.165, 1.54) is 33.6 Å². The second-order valence-corrected chi connectivity index (χ2v) is 5.43. The smallest absolute Gasteiger partial charge is 0.227 e. The molecule has 2 rings (SSSR count). The Hall–Kier alpha value is -1.89. The zero-order valence-corrected chi connectivity index (χ0v) is 13.5. The summed E-state index contributed by atoms with van der Waals surface area (Å²) >= 11 is 1.27. The lowest BCUT2D eigenvalue weighted by molar-refractivity contribution is -0.118. The van der Waals surface area contributed by atoms with Gasteiger partial charge in [0.25, 0.3) is 0 Å². The summed E-state index contributed by atoms with van der Waals surface area (Å²) in [5, 5.41) is 4.29. The quantitative estimate of drug-likeness (QED) is 0.820. The molecule has 0 aliphatic rings. The van der Waals surface area contributed by atoms with Gasteiger partial charge in [-0.05, 0) is 20.1 Å². The maximum absolute atomic E-state index is 13.3. The van der Waals surface area contributed by atoms with Crippen molar-refractivity contribution in [2.45, 2.75) is 20.2 Å². The molecule has 0 N–H and O–H groups in total. The highest BCUT2D eigenvalue weighted by Gasteiger charge is 2.18. The van der Waals surface area contributed by atoms with E-state index in [0.29, 0.717) is 23.6 Å². The van der Waals surface area contributed by atoms with Gasteiger partial charge in [0.15, 0.2) is 0 Å². The van der Waals surface area contributed by atoms with Crippen LogP contribution in [0.1, 0.15) is 21.7 Å². The van der Waals surface area contributed by atoms with Crippen molar-refractivity contribution in [1.82, 2.24) is 14.8 Å². The number of hydrogen-bond acceptors (Lipinski definition) is 4. The first-order chi connectivity index (χ1) is 11.3. The molecular weight excluding hydrogens is 303 g/mol. The maximum atomic E-state index is 13.3. The third kappa shape index (κ3) is 3.65. The number of anilines is 1. The Balaban J connectivity index is 2.38. The zero-order valence-electron chi connectivity index (χ0n) is 14.7. The number of amides is 1. The minimum absolute atomic E-state index is 0.0728. The Kier molecular flexibility index (Phi) is 4.62. The highest BCUT2D eigenvalue weighted by Crippen LogP contribution is 2.22. The first-order valence-electron chi connectivity index (χ1n) is 7.78. The highest BCUT2D eigenvalue weighted by molar-refractivity contribution is 7.98. The van der Waals surface area contributed by atoms with Gasteiger partial charge in [-0.3, -0.25) is 9.78 Å². The van der Waals surface area contributed by atoms with Crippen molar-refractivity contribution >= 4 is 23.4 Å². The fourth-order valence-electron chi connectivity index (χ4n) is 2.03. The summed E-state index contributed by atoms with van der Waals surface area (Å²) in [6, 6.07) is 1.29. The number of aryl methyl sites for hydroxylation is 1. The van der Waals surface area contributed by atoms with Gasteiger partial charge in [-0.25, -0.2) is 9.07 Å². The van der Waals surface area contributed by atoms with Gasteiger partial charge in [-0.15, -0.1) is 0 Å². The van der Waals surface area contributed by atoms with Gasteiger partial charge in [-0.2, -0.15) is 16.9 Å². The minimum atomic E-state index is -1.97. The first kappa shape index (κ1) is 13.8. The molecule has 0 aromatic carbocycles. The van der Waals surface area contributed by atoms with E-state index in [-0.39, 0.29) is 5.75 Å². The van der Waals surface area contributed by atoms with E-state index in [1.807, 2.05) is 0 Å². The summed E-state index contributed by atoms with van der Waals surface area (Å²) in [5.41, 5.74) is 1.48. The molecule has 0 aliphatic carbocycles. The average molecular weight is 324 g/mol. The maximum Gasteiger partial charge on any atom is 0.227 e. The number of thioether (sulfide) groups is 1. The lowest BCUT2D eigenvalue weighted by Gasteiger charge is -2.19. The predicted molar refractivity (Wildman–Crippen MR) is 87.1 cm³/mol. The van der Waals surface area contributed by atoms with E-state index in [1.54, 1.807) is 26.3 Å². The number of hydrogen-bond donors (Lipinski definition) is 0. The molecule has 0 fully saturated rings. The molecule has 2 aromatic heterocycles. The van der Waals surface area contributed by atoms with Crippen molar-refractivity contribution in [2.24, 2.45) is 0 Å². The van der Waals surface area contributed by atoms with E-state index in [0.717, 1.165) is 6.20 Å². The Bertz CT molecular complexity index is 738. The molecule has 2 aromatic rings. The molecule has 2 heterocycles. The van der Waals surface area contributed by atoms with Crippen LogP contribution in [0, 0.1) is 12.7 Å². The van der Waals surface area contributed by atoms with E-state index in [4.69, 9.17) is 2.74 Å². The standard InChI is InChI=1S/C15H19FN4OS/c1-4-19(15(21)5-6-22-3)14-10-20(18-11(14)2)13-7-12(16)8-17-9-13/h7-10H,4-6H2,1-3H3/i5D2. The Morgan fingerprint density at radius 1 is 1.55 bits per heavy atom. The molecule has 0 atom stereocenters. The van der Waals surface area contributed by atoms with Crippen LogP contribution >= 0.6 is 11.8 Å². The second-order valence-electron chi connectivity index (χ2n) is 4.56. The molecule has 118 valence electrons. The van der Waals surface area contributed by atoms with Crippen LogP contribution in [0.3, 0.4) is 0 Å². The molecule has 0 aliphatic heterocycles. The summed E-state index contributed by atoms with van der Waals surface area (Å²) in [6.07, 6.45) is 3.93. The number of pyridine rings is 1. The van der Waals surface area contributed by atoms with Crippen LogP contribution in [-0.2, 0) is 4.79 Å². The van der Waals surface area contributed by atoms with Gasteiger partial charge in [0.2, 0.25) is 5.91 Å².